The van der Waals surface area contributed by atoms with E-state index in [0.29, 0.717) is 13.0 Å². The SMILES string of the molecule is CC1(CN)CCN(S(=O)(=O)c2c(Cl)cccc2[N+](=O)[O-])C1. The van der Waals surface area contributed by atoms with Crippen molar-refractivity contribution >= 4 is 27.3 Å². The summed E-state index contributed by atoms with van der Waals surface area (Å²) < 4.78 is 26.6. The number of nitro groups is 1. The summed E-state index contributed by atoms with van der Waals surface area (Å²) in [6.45, 7) is 2.75. The number of halogens is 1. The molecule has 7 nitrogen and oxygen atoms in total. The van der Waals surface area contributed by atoms with Gasteiger partial charge in [-0.25, -0.2) is 8.42 Å². The smallest absolute Gasteiger partial charge is 0.290 e. The normalized spacial score (nSPS) is 23.4. The molecular formula is C12H16ClN3O4S. The Labute approximate surface area is 127 Å². The molecule has 1 aromatic rings. The second kappa shape index (κ2) is 5.53. The van der Waals surface area contributed by atoms with Gasteiger partial charge in [-0.3, -0.25) is 10.1 Å². The Kier molecular flexibility index (Phi) is 4.25. The van der Waals surface area contributed by atoms with Crippen molar-refractivity contribution in [2.45, 2.75) is 18.2 Å². The molecule has 21 heavy (non-hydrogen) atoms. The third-order valence-electron chi connectivity index (χ3n) is 3.76. The first-order chi connectivity index (χ1) is 9.71. The van der Waals surface area contributed by atoms with E-state index in [1.807, 2.05) is 6.92 Å². The van der Waals surface area contributed by atoms with Crippen LogP contribution in [0, 0.1) is 15.5 Å². The lowest BCUT2D eigenvalue weighted by Gasteiger charge is -2.22. The minimum Gasteiger partial charge on any atom is -0.330 e. The van der Waals surface area contributed by atoms with Gasteiger partial charge in [0.1, 0.15) is 0 Å². The van der Waals surface area contributed by atoms with Crippen molar-refractivity contribution in [3.63, 3.8) is 0 Å². The highest BCUT2D eigenvalue weighted by Crippen LogP contribution is 2.37. The molecule has 0 bridgehead atoms. The molecule has 0 radical (unpaired) electrons. The highest BCUT2D eigenvalue weighted by Gasteiger charge is 2.42. The van der Waals surface area contributed by atoms with Gasteiger partial charge < -0.3 is 5.73 Å². The van der Waals surface area contributed by atoms with Gasteiger partial charge in [-0.1, -0.05) is 24.6 Å². The minimum absolute atomic E-state index is 0.148. The highest BCUT2D eigenvalue weighted by atomic mass is 35.5. The van der Waals surface area contributed by atoms with Crippen molar-refractivity contribution < 1.29 is 13.3 Å². The molecule has 0 aliphatic carbocycles. The Morgan fingerprint density at radius 2 is 2.19 bits per heavy atom. The molecule has 0 spiro atoms. The largest absolute Gasteiger partial charge is 0.330 e. The summed E-state index contributed by atoms with van der Waals surface area (Å²) in [4.78, 5) is 9.88. The van der Waals surface area contributed by atoms with E-state index < -0.39 is 25.5 Å². The summed E-state index contributed by atoms with van der Waals surface area (Å²) in [5.74, 6) is 0. The monoisotopic (exact) mass is 333 g/mol. The maximum atomic E-state index is 12.7. The number of nitrogens with zero attached hydrogens (tertiary/aromatic N) is 2. The number of rotatable bonds is 4. The minimum atomic E-state index is -4.02. The van der Waals surface area contributed by atoms with E-state index in [9.17, 15) is 18.5 Å². The molecule has 1 aliphatic rings. The molecule has 1 aromatic carbocycles. The molecule has 1 aliphatic heterocycles. The topological polar surface area (TPSA) is 107 Å². The van der Waals surface area contributed by atoms with Crippen LogP contribution >= 0.6 is 11.6 Å². The number of hydrogen-bond acceptors (Lipinski definition) is 5. The molecule has 116 valence electrons. The summed E-state index contributed by atoms with van der Waals surface area (Å²) in [7, 11) is -4.02. The summed E-state index contributed by atoms with van der Waals surface area (Å²) in [5, 5.41) is 10.9. The molecule has 1 unspecified atom stereocenters. The van der Waals surface area contributed by atoms with Gasteiger partial charge in [-0.2, -0.15) is 4.31 Å². The van der Waals surface area contributed by atoms with Crippen molar-refractivity contribution in [1.82, 2.24) is 4.31 Å². The van der Waals surface area contributed by atoms with Crippen LogP contribution < -0.4 is 5.73 Å². The molecule has 0 amide bonds. The Morgan fingerprint density at radius 3 is 2.71 bits per heavy atom. The maximum Gasteiger partial charge on any atom is 0.290 e. The van der Waals surface area contributed by atoms with E-state index in [4.69, 9.17) is 17.3 Å². The van der Waals surface area contributed by atoms with E-state index in [0.717, 1.165) is 6.07 Å². The number of nitro benzene ring substituents is 1. The molecule has 1 atom stereocenters. The predicted molar refractivity (Wildman–Crippen MR) is 78.6 cm³/mol. The van der Waals surface area contributed by atoms with Crippen LogP contribution in [0.1, 0.15) is 13.3 Å². The van der Waals surface area contributed by atoms with Crippen molar-refractivity contribution in [3.05, 3.63) is 33.3 Å². The van der Waals surface area contributed by atoms with Crippen molar-refractivity contribution in [3.8, 4) is 0 Å². The lowest BCUT2D eigenvalue weighted by Crippen LogP contribution is -2.34. The van der Waals surface area contributed by atoms with E-state index in [2.05, 4.69) is 0 Å². The van der Waals surface area contributed by atoms with Crippen LogP contribution in [0.2, 0.25) is 5.02 Å². The second-order valence-electron chi connectivity index (χ2n) is 5.45. The van der Waals surface area contributed by atoms with Crippen LogP contribution in [0.5, 0.6) is 0 Å². The Morgan fingerprint density at radius 1 is 1.52 bits per heavy atom. The Balaban J connectivity index is 2.49. The van der Waals surface area contributed by atoms with Gasteiger partial charge in [0.2, 0.25) is 0 Å². The zero-order valence-corrected chi connectivity index (χ0v) is 13.0. The van der Waals surface area contributed by atoms with Gasteiger partial charge >= 0.3 is 0 Å². The fraction of sp³-hybridized carbons (Fsp3) is 0.500. The van der Waals surface area contributed by atoms with E-state index >= 15 is 0 Å². The van der Waals surface area contributed by atoms with Crippen LogP contribution in [0.3, 0.4) is 0 Å². The van der Waals surface area contributed by atoms with Gasteiger partial charge in [0, 0.05) is 19.2 Å². The fourth-order valence-corrected chi connectivity index (χ4v) is 4.63. The molecule has 1 heterocycles. The van der Waals surface area contributed by atoms with E-state index in [1.165, 1.54) is 16.4 Å². The van der Waals surface area contributed by atoms with Crippen molar-refractivity contribution in [1.29, 1.82) is 0 Å². The number of hydrogen-bond donors (Lipinski definition) is 1. The maximum absolute atomic E-state index is 12.7. The summed E-state index contributed by atoms with van der Waals surface area (Å²) in [5.41, 5.74) is 4.84. The van der Waals surface area contributed by atoms with Crippen LogP contribution in [0.25, 0.3) is 0 Å². The van der Waals surface area contributed by atoms with Gasteiger partial charge in [0.25, 0.3) is 15.7 Å². The average Bonchev–Trinajstić information content (AvgIpc) is 2.82. The quantitative estimate of drug-likeness (QED) is 0.665. The van der Waals surface area contributed by atoms with Crippen LogP contribution in [0.15, 0.2) is 23.1 Å². The zero-order valence-electron chi connectivity index (χ0n) is 11.5. The van der Waals surface area contributed by atoms with Gasteiger partial charge in [0.15, 0.2) is 4.90 Å². The predicted octanol–water partition coefficient (Wildman–Crippen LogP) is 1.61. The van der Waals surface area contributed by atoms with Crippen molar-refractivity contribution in [2.24, 2.45) is 11.1 Å². The lowest BCUT2D eigenvalue weighted by atomic mass is 9.90. The van der Waals surface area contributed by atoms with E-state index in [1.54, 1.807) is 0 Å². The van der Waals surface area contributed by atoms with Gasteiger partial charge in [-0.05, 0) is 24.4 Å². The first-order valence-corrected chi connectivity index (χ1v) is 8.16. The molecule has 1 fully saturated rings. The fourth-order valence-electron chi connectivity index (χ4n) is 2.38. The van der Waals surface area contributed by atoms with Gasteiger partial charge in [-0.15, -0.1) is 0 Å². The molecule has 2 rings (SSSR count). The molecular weight excluding hydrogens is 318 g/mol. The average molecular weight is 334 g/mol. The number of benzene rings is 1. The summed E-state index contributed by atoms with van der Waals surface area (Å²) in [6, 6.07) is 3.82. The standard InChI is InChI=1S/C12H16ClN3O4S/c1-12(7-14)5-6-15(8-12)21(19,20)11-9(13)3-2-4-10(11)16(17)18/h2-4H,5-8,14H2,1H3. The second-order valence-corrected chi connectivity index (χ2v) is 7.73. The third-order valence-corrected chi connectivity index (χ3v) is 6.12. The number of sulfonamides is 1. The summed E-state index contributed by atoms with van der Waals surface area (Å²) >= 11 is 5.91. The van der Waals surface area contributed by atoms with Crippen LogP contribution in [-0.4, -0.2) is 37.3 Å². The van der Waals surface area contributed by atoms with Gasteiger partial charge in [0.05, 0.1) is 9.95 Å². The molecule has 2 N–H and O–H groups in total. The molecule has 0 saturated carbocycles. The molecule has 1 saturated heterocycles. The van der Waals surface area contributed by atoms with E-state index in [-0.39, 0.29) is 23.5 Å². The molecule has 9 heteroatoms. The highest BCUT2D eigenvalue weighted by molar-refractivity contribution is 7.89. The number of nitrogens with two attached hydrogens (primary N) is 1. The lowest BCUT2D eigenvalue weighted by molar-refractivity contribution is -0.387. The first-order valence-electron chi connectivity index (χ1n) is 6.34. The molecule has 0 aromatic heterocycles. The van der Waals surface area contributed by atoms with Crippen LogP contribution in [0.4, 0.5) is 5.69 Å². The summed E-state index contributed by atoms with van der Waals surface area (Å²) in [6.07, 6.45) is 0.612. The Hall–Kier alpha value is -1.22. The zero-order chi connectivity index (χ0) is 15.8. The Bertz CT molecular complexity index is 679. The van der Waals surface area contributed by atoms with Crippen LogP contribution in [-0.2, 0) is 10.0 Å². The van der Waals surface area contributed by atoms with Crippen molar-refractivity contribution in [2.75, 3.05) is 19.6 Å². The first kappa shape index (κ1) is 16.2. The third kappa shape index (κ3) is 2.89.